The van der Waals surface area contributed by atoms with Gasteiger partial charge in [0.2, 0.25) is 5.16 Å². The number of thioether (sulfide) groups is 1. The largest absolute Gasteiger partial charge is 0.497 e. The number of nitrogen functional groups attached to an aromatic ring is 1. The number of ether oxygens (including phenoxy) is 1. The number of nitrogens with two attached hydrogens (primary N) is 1. The highest BCUT2D eigenvalue weighted by Crippen LogP contribution is 2.25. The van der Waals surface area contributed by atoms with Gasteiger partial charge in [0.25, 0.3) is 0 Å². The van der Waals surface area contributed by atoms with Crippen molar-refractivity contribution >= 4 is 11.8 Å². The Morgan fingerprint density at radius 1 is 1.13 bits per heavy atom. The van der Waals surface area contributed by atoms with E-state index in [4.69, 9.17) is 10.6 Å². The van der Waals surface area contributed by atoms with Gasteiger partial charge in [-0.05, 0) is 30.7 Å². The van der Waals surface area contributed by atoms with Crippen LogP contribution >= 0.6 is 11.8 Å². The van der Waals surface area contributed by atoms with Crippen molar-refractivity contribution in [1.29, 1.82) is 0 Å². The van der Waals surface area contributed by atoms with E-state index in [0.29, 0.717) is 11.0 Å². The van der Waals surface area contributed by atoms with Crippen LogP contribution in [0.5, 0.6) is 5.75 Å². The normalized spacial score (nSPS) is 10.7. The minimum Gasteiger partial charge on any atom is -0.497 e. The van der Waals surface area contributed by atoms with E-state index < -0.39 is 0 Å². The third-order valence-electron chi connectivity index (χ3n) is 3.47. The Morgan fingerprint density at radius 3 is 2.61 bits per heavy atom. The number of rotatable bonds is 5. The number of aromatic nitrogens is 3. The van der Waals surface area contributed by atoms with Crippen LogP contribution in [0.25, 0.3) is 11.4 Å². The molecule has 1 heterocycles. The minimum atomic E-state index is 0.672. The maximum Gasteiger partial charge on any atom is 0.210 e. The number of methoxy groups -OCH3 is 1. The van der Waals surface area contributed by atoms with Gasteiger partial charge in [0.1, 0.15) is 5.75 Å². The van der Waals surface area contributed by atoms with Crippen molar-refractivity contribution in [3.8, 4) is 17.1 Å². The van der Waals surface area contributed by atoms with E-state index in [0.717, 1.165) is 22.6 Å². The molecule has 0 radical (unpaired) electrons. The molecule has 2 aromatic carbocycles. The maximum atomic E-state index is 6.15. The first-order valence-electron chi connectivity index (χ1n) is 7.20. The van der Waals surface area contributed by atoms with Crippen LogP contribution in [-0.4, -0.2) is 22.0 Å². The van der Waals surface area contributed by atoms with Gasteiger partial charge in [0.15, 0.2) is 5.82 Å². The second kappa shape index (κ2) is 6.75. The summed E-state index contributed by atoms with van der Waals surface area (Å²) in [6.07, 6.45) is 0. The molecule has 3 rings (SSSR count). The predicted molar refractivity (Wildman–Crippen MR) is 92.9 cm³/mol. The third-order valence-corrected chi connectivity index (χ3v) is 4.48. The first-order chi connectivity index (χ1) is 11.2. The molecule has 0 fully saturated rings. The summed E-state index contributed by atoms with van der Waals surface area (Å²) in [5.41, 5.74) is 3.31. The molecule has 0 bridgehead atoms. The zero-order valence-electron chi connectivity index (χ0n) is 13.1. The van der Waals surface area contributed by atoms with Crippen LogP contribution in [0.3, 0.4) is 0 Å². The van der Waals surface area contributed by atoms with Crippen LogP contribution in [0.15, 0.2) is 53.7 Å². The van der Waals surface area contributed by atoms with Gasteiger partial charge in [-0.2, -0.15) is 0 Å². The van der Waals surface area contributed by atoms with Gasteiger partial charge in [0.05, 0.1) is 7.11 Å². The summed E-state index contributed by atoms with van der Waals surface area (Å²) in [7, 11) is 1.66. The average Bonchev–Trinajstić information content (AvgIpc) is 2.94. The summed E-state index contributed by atoms with van der Waals surface area (Å²) in [4.78, 5) is 0. The second-order valence-corrected chi connectivity index (χ2v) is 6.12. The Kier molecular flexibility index (Phi) is 4.52. The van der Waals surface area contributed by atoms with E-state index in [1.807, 2.05) is 55.5 Å². The number of nitrogens with zero attached hydrogens (tertiary/aromatic N) is 3. The molecule has 0 aliphatic carbocycles. The lowest BCUT2D eigenvalue weighted by Gasteiger charge is -2.05. The molecular formula is C17H18N4OS. The fourth-order valence-electron chi connectivity index (χ4n) is 2.23. The van der Waals surface area contributed by atoms with E-state index in [1.54, 1.807) is 23.5 Å². The number of benzene rings is 2. The van der Waals surface area contributed by atoms with Crippen molar-refractivity contribution in [2.45, 2.75) is 17.8 Å². The molecule has 5 nitrogen and oxygen atoms in total. The van der Waals surface area contributed by atoms with Gasteiger partial charge in [0, 0.05) is 11.3 Å². The number of aryl methyl sites for hydroxylation is 1. The molecule has 0 aliphatic heterocycles. The first kappa shape index (κ1) is 15.4. The van der Waals surface area contributed by atoms with Crippen molar-refractivity contribution in [3.05, 3.63) is 59.7 Å². The first-order valence-corrected chi connectivity index (χ1v) is 8.19. The topological polar surface area (TPSA) is 66.0 Å². The van der Waals surface area contributed by atoms with E-state index in [-0.39, 0.29) is 0 Å². The highest BCUT2D eigenvalue weighted by atomic mass is 32.2. The lowest BCUT2D eigenvalue weighted by Crippen LogP contribution is -2.11. The maximum absolute atomic E-state index is 6.15. The van der Waals surface area contributed by atoms with Gasteiger partial charge < -0.3 is 10.6 Å². The van der Waals surface area contributed by atoms with E-state index in [9.17, 15) is 0 Å². The Morgan fingerprint density at radius 2 is 1.91 bits per heavy atom. The molecule has 1 aromatic heterocycles. The molecule has 0 saturated carbocycles. The summed E-state index contributed by atoms with van der Waals surface area (Å²) < 4.78 is 6.70. The molecule has 0 unspecified atom stereocenters. The number of hydrogen-bond donors (Lipinski definition) is 1. The summed E-state index contributed by atoms with van der Waals surface area (Å²) in [5.74, 6) is 8.44. The summed E-state index contributed by atoms with van der Waals surface area (Å²) in [6.45, 7) is 2.04. The Hall–Kier alpha value is -2.47. The Labute approximate surface area is 139 Å². The zero-order chi connectivity index (χ0) is 16.2. The molecule has 118 valence electrons. The fourth-order valence-corrected chi connectivity index (χ4v) is 3.04. The summed E-state index contributed by atoms with van der Waals surface area (Å²) in [5, 5.41) is 9.10. The standard InChI is InChI=1S/C17H18N4OS/c1-12-4-3-5-14(10-12)16-19-20-17(21(16)18)23-11-13-6-8-15(22-2)9-7-13/h3-10H,11,18H2,1-2H3. The molecule has 0 atom stereocenters. The average molecular weight is 326 g/mol. The van der Waals surface area contributed by atoms with Gasteiger partial charge in [-0.1, -0.05) is 47.7 Å². The monoisotopic (exact) mass is 326 g/mol. The van der Waals surface area contributed by atoms with Crippen LogP contribution in [0.2, 0.25) is 0 Å². The molecule has 23 heavy (non-hydrogen) atoms. The lowest BCUT2D eigenvalue weighted by molar-refractivity contribution is 0.414. The van der Waals surface area contributed by atoms with Gasteiger partial charge in [-0.25, -0.2) is 4.68 Å². The molecule has 2 N–H and O–H groups in total. The molecule has 6 heteroatoms. The third kappa shape index (κ3) is 3.48. The van der Waals surface area contributed by atoms with Gasteiger partial charge in [-0.15, -0.1) is 10.2 Å². The van der Waals surface area contributed by atoms with Crippen molar-refractivity contribution in [2.24, 2.45) is 0 Å². The fraction of sp³-hybridized carbons (Fsp3) is 0.176. The smallest absolute Gasteiger partial charge is 0.210 e. The molecule has 0 spiro atoms. The van der Waals surface area contributed by atoms with Crippen LogP contribution in [0.1, 0.15) is 11.1 Å². The zero-order valence-corrected chi connectivity index (χ0v) is 13.9. The van der Waals surface area contributed by atoms with Crippen LogP contribution in [0.4, 0.5) is 0 Å². The summed E-state index contributed by atoms with van der Waals surface area (Å²) in [6, 6.07) is 16.0. The molecule has 0 aliphatic rings. The van der Waals surface area contributed by atoms with E-state index in [1.165, 1.54) is 5.56 Å². The van der Waals surface area contributed by atoms with E-state index >= 15 is 0 Å². The number of hydrogen-bond acceptors (Lipinski definition) is 5. The predicted octanol–water partition coefficient (Wildman–Crippen LogP) is 3.27. The SMILES string of the molecule is COc1ccc(CSc2nnc(-c3cccc(C)c3)n2N)cc1. The molecule has 0 saturated heterocycles. The van der Waals surface area contributed by atoms with Gasteiger partial charge in [-0.3, -0.25) is 0 Å². The van der Waals surface area contributed by atoms with Crippen LogP contribution in [-0.2, 0) is 5.75 Å². The quantitative estimate of drug-likeness (QED) is 0.576. The lowest BCUT2D eigenvalue weighted by atomic mass is 10.1. The Bertz CT molecular complexity index is 799. The van der Waals surface area contributed by atoms with Gasteiger partial charge >= 0.3 is 0 Å². The van der Waals surface area contributed by atoms with E-state index in [2.05, 4.69) is 10.2 Å². The Balaban J connectivity index is 1.74. The minimum absolute atomic E-state index is 0.672. The highest BCUT2D eigenvalue weighted by Gasteiger charge is 2.12. The van der Waals surface area contributed by atoms with Crippen molar-refractivity contribution in [3.63, 3.8) is 0 Å². The molecule has 3 aromatic rings. The van der Waals surface area contributed by atoms with Crippen molar-refractivity contribution in [2.75, 3.05) is 13.0 Å². The summed E-state index contributed by atoms with van der Waals surface area (Å²) >= 11 is 1.56. The second-order valence-electron chi connectivity index (χ2n) is 5.18. The van der Waals surface area contributed by atoms with Crippen LogP contribution in [0, 0.1) is 6.92 Å². The van der Waals surface area contributed by atoms with Crippen molar-refractivity contribution < 1.29 is 4.74 Å². The van der Waals surface area contributed by atoms with Crippen LogP contribution < -0.4 is 10.6 Å². The highest BCUT2D eigenvalue weighted by molar-refractivity contribution is 7.98. The van der Waals surface area contributed by atoms with Crippen molar-refractivity contribution in [1.82, 2.24) is 14.9 Å². The molecule has 0 amide bonds. The molecular weight excluding hydrogens is 308 g/mol.